The van der Waals surface area contributed by atoms with Crippen LogP contribution in [0.4, 0.5) is 0 Å². The molecule has 20 heavy (non-hydrogen) atoms. The van der Waals surface area contributed by atoms with E-state index in [0.717, 1.165) is 15.6 Å². The van der Waals surface area contributed by atoms with Gasteiger partial charge in [0, 0.05) is 11.4 Å². The van der Waals surface area contributed by atoms with Gasteiger partial charge in [0.1, 0.15) is 0 Å². The zero-order valence-electron chi connectivity index (χ0n) is 11.6. The first-order valence-corrected chi connectivity index (χ1v) is 7.63. The van der Waals surface area contributed by atoms with Crippen LogP contribution in [0.1, 0.15) is 18.7 Å². The fraction of sp³-hybridized carbons (Fsp3) is 0.538. The van der Waals surface area contributed by atoms with Gasteiger partial charge >= 0.3 is 0 Å². The van der Waals surface area contributed by atoms with Crippen molar-refractivity contribution in [2.75, 3.05) is 13.1 Å². The molecule has 0 spiro atoms. The average molecular weight is 318 g/mol. The van der Waals surface area contributed by atoms with Gasteiger partial charge in [-0.3, -0.25) is 9.59 Å². The van der Waals surface area contributed by atoms with Crippen LogP contribution in [0.5, 0.6) is 0 Å². The lowest BCUT2D eigenvalue weighted by Crippen LogP contribution is -2.47. The van der Waals surface area contributed by atoms with Gasteiger partial charge < -0.3 is 16.4 Å². The number of thiophene rings is 1. The lowest BCUT2D eigenvalue weighted by atomic mass is 10.1. The molecule has 4 N–H and O–H groups in total. The Balaban J connectivity index is 2.19. The maximum absolute atomic E-state index is 11.6. The van der Waals surface area contributed by atoms with Crippen LogP contribution in [-0.4, -0.2) is 30.9 Å². The summed E-state index contributed by atoms with van der Waals surface area (Å²) in [6.45, 7) is 4.18. The number of hydrogen-bond acceptors (Lipinski definition) is 4. The molecule has 0 unspecified atom stereocenters. The maximum atomic E-state index is 11.6. The van der Waals surface area contributed by atoms with Crippen LogP contribution in [0.15, 0.2) is 12.1 Å². The molecule has 1 aromatic rings. The fourth-order valence-electron chi connectivity index (χ4n) is 1.46. The monoisotopic (exact) mass is 317 g/mol. The van der Waals surface area contributed by atoms with Crippen molar-refractivity contribution in [1.29, 1.82) is 0 Å². The summed E-state index contributed by atoms with van der Waals surface area (Å²) in [5.41, 5.74) is 5.67. The summed E-state index contributed by atoms with van der Waals surface area (Å²) < 4.78 is 0.737. The highest BCUT2D eigenvalue weighted by atomic mass is 35.5. The Labute approximate surface area is 127 Å². The highest BCUT2D eigenvalue weighted by Gasteiger charge is 2.17. The molecule has 0 bridgehead atoms. The second-order valence-corrected chi connectivity index (χ2v) is 6.59. The minimum absolute atomic E-state index is 0.0432. The third-order valence-electron chi connectivity index (χ3n) is 2.77. The van der Waals surface area contributed by atoms with Gasteiger partial charge in [-0.15, -0.1) is 11.3 Å². The highest BCUT2D eigenvalue weighted by Crippen LogP contribution is 2.21. The van der Waals surface area contributed by atoms with Crippen molar-refractivity contribution < 1.29 is 9.59 Å². The van der Waals surface area contributed by atoms with Crippen LogP contribution in [0.25, 0.3) is 0 Å². The summed E-state index contributed by atoms with van der Waals surface area (Å²) in [6, 6.07) is 3.18. The van der Waals surface area contributed by atoms with E-state index in [1.807, 2.05) is 26.0 Å². The summed E-state index contributed by atoms with van der Waals surface area (Å²) >= 11 is 7.31. The maximum Gasteiger partial charge on any atom is 0.239 e. The van der Waals surface area contributed by atoms with Gasteiger partial charge in [-0.05, 0) is 24.5 Å². The van der Waals surface area contributed by atoms with E-state index in [1.165, 1.54) is 11.3 Å². The Hall–Kier alpha value is -1.11. The number of hydrogen-bond donors (Lipinski definition) is 3. The molecule has 0 aliphatic heterocycles. The largest absolute Gasteiger partial charge is 0.354 e. The molecule has 1 heterocycles. The van der Waals surface area contributed by atoms with E-state index in [1.54, 1.807) is 0 Å². The standard InChI is InChI=1S/C13H20ClN3O2S/c1-8(2)12(15)13(19)17-7-11(18)16-6-5-9-3-4-10(14)20-9/h3-4,8,12H,5-7,15H2,1-2H3,(H,16,18)(H,17,19)/t12-/m0/s1. The van der Waals surface area contributed by atoms with Crippen LogP contribution in [0, 0.1) is 5.92 Å². The number of amides is 2. The van der Waals surface area contributed by atoms with E-state index in [-0.39, 0.29) is 24.3 Å². The zero-order chi connectivity index (χ0) is 15.1. The topological polar surface area (TPSA) is 84.2 Å². The molecule has 0 radical (unpaired) electrons. The summed E-state index contributed by atoms with van der Waals surface area (Å²) in [4.78, 5) is 24.2. The normalized spacial score (nSPS) is 12.2. The van der Waals surface area contributed by atoms with Crippen molar-refractivity contribution in [2.45, 2.75) is 26.3 Å². The van der Waals surface area contributed by atoms with E-state index in [4.69, 9.17) is 17.3 Å². The van der Waals surface area contributed by atoms with Crippen molar-refractivity contribution in [3.05, 3.63) is 21.3 Å². The molecule has 0 aliphatic rings. The second-order valence-electron chi connectivity index (χ2n) is 4.79. The van der Waals surface area contributed by atoms with Crippen molar-refractivity contribution in [2.24, 2.45) is 11.7 Å². The quantitative estimate of drug-likeness (QED) is 0.705. The molecule has 1 atom stereocenters. The Kier molecular flexibility index (Phi) is 6.98. The third-order valence-corrected chi connectivity index (χ3v) is 4.06. The van der Waals surface area contributed by atoms with E-state index in [0.29, 0.717) is 6.54 Å². The predicted octanol–water partition coefficient (Wildman–Crippen LogP) is 1.16. The number of carbonyl (C=O) groups is 2. The van der Waals surface area contributed by atoms with Crippen LogP contribution >= 0.6 is 22.9 Å². The van der Waals surface area contributed by atoms with Crippen LogP contribution in [0.3, 0.4) is 0 Å². The zero-order valence-corrected chi connectivity index (χ0v) is 13.2. The first-order valence-electron chi connectivity index (χ1n) is 6.44. The molecule has 5 nitrogen and oxygen atoms in total. The van der Waals surface area contributed by atoms with Gasteiger partial charge in [-0.1, -0.05) is 25.4 Å². The molecular formula is C13H20ClN3O2S. The molecule has 1 rings (SSSR count). The van der Waals surface area contributed by atoms with Crippen LogP contribution in [-0.2, 0) is 16.0 Å². The summed E-state index contributed by atoms with van der Waals surface area (Å²) in [6.07, 6.45) is 0.725. The molecule has 2 amide bonds. The molecule has 1 aromatic heterocycles. The number of nitrogens with one attached hydrogen (secondary N) is 2. The van der Waals surface area contributed by atoms with Crippen molar-refractivity contribution in [3.63, 3.8) is 0 Å². The lowest BCUT2D eigenvalue weighted by molar-refractivity contribution is -0.127. The molecule has 7 heteroatoms. The first-order chi connectivity index (χ1) is 9.40. The number of nitrogens with two attached hydrogens (primary N) is 1. The first kappa shape index (κ1) is 16.9. The number of carbonyl (C=O) groups excluding carboxylic acids is 2. The Morgan fingerprint density at radius 3 is 2.60 bits per heavy atom. The van der Waals surface area contributed by atoms with E-state index in [2.05, 4.69) is 10.6 Å². The Bertz CT molecular complexity index is 462. The van der Waals surface area contributed by atoms with Crippen LogP contribution in [0.2, 0.25) is 4.34 Å². The molecule has 0 saturated carbocycles. The fourth-order valence-corrected chi connectivity index (χ4v) is 2.55. The summed E-state index contributed by atoms with van der Waals surface area (Å²) in [5, 5.41) is 5.25. The minimum atomic E-state index is -0.587. The smallest absolute Gasteiger partial charge is 0.239 e. The van der Waals surface area contributed by atoms with Gasteiger partial charge in [0.2, 0.25) is 11.8 Å². The van der Waals surface area contributed by atoms with Gasteiger partial charge in [-0.2, -0.15) is 0 Å². The SMILES string of the molecule is CC(C)[C@H](N)C(=O)NCC(=O)NCCc1ccc(Cl)s1. The van der Waals surface area contributed by atoms with Gasteiger partial charge in [0.15, 0.2) is 0 Å². The van der Waals surface area contributed by atoms with Crippen molar-refractivity contribution in [1.82, 2.24) is 10.6 Å². The van der Waals surface area contributed by atoms with Gasteiger partial charge in [-0.25, -0.2) is 0 Å². The predicted molar refractivity (Wildman–Crippen MR) is 81.9 cm³/mol. The molecule has 0 fully saturated rings. The number of halogens is 1. The van der Waals surface area contributed by atoms with Crippen LogP contribution < -0.4 is 16.4 Å². The Morgan fingerprint density at radius 1 is 1.35 bits per heavy atom. The lowest BCUT2D eigenvalue weighted by Gasteiger charge is -2.15. The average Bonchev–Trinajstić information content (AvgIpc) is 2.80. The van der Waals surface area contributed by atoms with Gasteiger partial charge in [0.25, 0.3) is 0 Å². The molecule has 0 aromatic carbocycles. The third kappa shape index (κ3) is 5.90. The summed E-state index contributed by atoms with van der Waals surface area (Å²) in [5.74, 6) is -0.487. The molecule has 112 valence electrons. The van der Waals surface area contributed by atoms with E-state index in [9.17, 15) is 9.59 Å². The highest BCUT2D eigenvalue weighted by molar-refractivity contribution is 7.16. The molecule has 0 aliphatic carbocycles. The Morgan fingerprint density at radius 2 is 2.05 bits per heavy atom. The van der Waals surface area contributed by atoms with E-state index >= 15 is 0 Å². The minimum Gasteiger partial charge on any atom is -0.354 e. The summed E-state index contributed by atoms with van der Waals surface area (Å²) in [7, 11) is 0. The van der Waals surface area contributed by atoms with Crippen molar-refractivity contribution in [3.8, 4) is 0 Å². The number of rotatable bonds is 7. The molecular weight excluding hydrogens is 298 g/mol. The van der Waals surface area contributed by atoms with Gasteiger partial charge in [0.05, 0.1) is 16.9 Å². The van der Waals surface area contributed by atoms with Crippen molar-refractivity contribution >= 4 is 34.8 Å². The molecule has 0 saturated heterocycles. The van der Waals surface area contributed by atoms with E-state index < -0.39 is 6.04 Å². The second kappa shape index (κ2) is 8.24.